The van der Waals surface area contributed by atoms with Gasteiger partial charge >= 0.3 is 0 Å². The lowest BCUT2D eigenvalue weighted by Gasteiger charge is -2.19. The van der Waals surface area contributed by atoms with Gasteiger partial charge in [0.1, 0.15) is 0 Å². The van der Waals surface area contributed by atoms with Crippen molar-refractivity contribution in [1.82, 2.24) is 9.62 Å². The molecule has 152 valence electrons. The van der Waals surface area contributed by atoms with Gasteiger partial charge in [0.15, 0.2) is 0 Å². The van der Waals surface area contributed by atoms with Crippen molar-refractivity contribution in [2.45, 2.75) is 44.0 Å². The number of hydrogen-bond acceptors (Lipinski definition) is 3. The van der Waals surface area contributed by atoms with E-state index in [1.165, 1.54) is 0 Å². The number of carbonyl (C=O) groups is 1. The van der Waals surface area contributed by atoms with Crippen molar-refractivity contribution < 1.29 is 13.2 Å². The van der Waals surface area contributed by atoms with Crippen LogP contribution in [0.1, 0.15) is 38.3 Å². The molecule has 0 fully saturated rings. The molecule has 0 radical (unpaired) electrons. The standard InChI is InChI=1S/C21H27ClN2O3S/c1-21(2,3)17-8-10-19(11-9-17)28(26,27)23-13-12-20(25)24(4)15-16-6-5-7-18(22)14-16/h5-11,14,23H,12-13,15H2,1-4H3. The first-order chi connectivity index (χ1) is 13.0. The van der Waals surface area contributed by atoms with Gasteiger partial charge in [0.25, 0.3) is 0 Å². The summed E-state index contributed by atoms with van der Waals surface area (Å²) in [6.45, 7) is 6.67. The topological polar surface area (TPSA) is 66.5 Å². The molecule has 1 amide bonds. The second kappa shape index (κ2) is 9.07. The van der Waals surface area contributed by atoms with Gasteiger partial charge in [-0.05, 0) is 40.8 Å². The van der Waals surface area contributed by atoms with E-state index in [9.17, 15) is 13.2 Å². The minimum atomic E-state index is -3.65. The molecule has 1 N–H and O–H groups in total. The second-order valence-electron chi connectivity index (χ2n) is 7.80. The summed E-state index contributed by atoms with van der Waals surface area (Å²) in [7, 11) is -1.96. The number of halogens is 1. The summed E-state index contributed by atoms with van der Waals surface area (Å²) in [5, 5.41) is 0.614. The predicted molar refractivity (Wildman–Crippen MR) is 113 cm³/mol. The van der Waals surface area contributed by atoms with Gasteiger partial charge in [0.05, 0.1) is 4.90 Å². The molecule has 5 nitrogen and oxygen atoms in total. The molecule has 0 bridgehead atoms. The monoisotopic (exact) mass is 422 g/mol. The van der Waals surface area contributed by atoms with Gasteiger partial charge in [-0.3, -0.25) is 4.79 Å². The smallest absolute Gasteiger partial charge is 0.240 e. The van der Waals surface area contributed by atoms with Crippen molar-refractivity contribution in [3.63, 3.8) is 0 Å². The van der Waals surface area contributed by atoms with Crippen LogP contribution in [0.2, 0.25) is 5.02 Å². The molecule has 0 unspecified atom stereocenters. The average Bonchev–Trinajstić information content (AvgIpc) is 2.61. The zero-order valence-corrected chi connectivity index (χ0v) is 18.3. The van der Waals surface area contributed by atoms with Crippen LogP contribution >= 0.6 is 11.6 Å². The molecule has 0 spiro atoms. The molecule has 0 saturated heterocycles. The highest BCUT2D eigenvalue weighted by molar-refractivity contribution is 7.89. The highest BCUT2D eigenvalue weighted by Crippen LogP contribution is 2.23. The van der Waals surface area contributed by atoms with Crippen molar-refractivity contribution >= 4 is 27.5 Å². The van der Waals surface area contributed by atoms with E-state index >= 15 is 0 Å². The van der Waals surface area contributed by atoms with E-state index in [2.05, 4.69) is 25.5 Å². The third kappa shape index (κ3) is 6.33. The SMILES string of the molecule is CN(Cc1cccc(Cl)c1)C(=O)CCNS(=O)(=O)c1ccc(C(C)(C)C)cc1. The number of benzene rings is 2. The molecule has 2 rings (SSSR count). The summed E-state index contributed by atoms with van der Waals surface area (Å²) >= 11 is 5.95. The van der Waals surface area contributed by atoms with Gasteiger partial charge in [0.2, 0.25) is 15.9 Å². The van der Waals surface area contributed by atoms with Crippen molar-refractivity contribution in [2.24, 2.45) is 0 Å². The Kier molecular flexibility index (Phi) is 7.26. The van der Waals surface area contributed by atoms with E-state index in [4.69, 9.17) is 11.6 Å². The minimum absolute atomic E-state index is 0.0437. The molecule has 0 aliphatic rings. The predicted octanol–water partition coefficient (Wildman–Crippen LogP) is 3.96. The van der Waals surface area contributed by atoms with Crippen molar-refractivity contribution in [3.05, 3.63) is 64.7 Å². The molecule has 0 aromatic heterocycles. The molecule has 0 heterocycles. The van der Waals surface area contributed by atoms with Crippen molar-refractivity contribution in [1.29, 1.82) is 0 Å². The third-order valence-electron chi connectivity index (χ3n) is 4.40. The Balaban J connectivity index is 1.89. The molecule has 0 aliphatic heterocycles. The first-order valence-electron chi connectivity index (χ1n) is 9.08. The summed E-state index contributed by atoms with van der Waals surface area (Å²) in [6.07, 6.45) is 0.0797. The van der Waals surface area contributed by atoms with Crippen LogP contribution in [0.4, 0.5) is 0 Å². The minimum Gasteiger partial charge on any atom is -0.341 e. The normalized spacial score (nSPS) is 12.0. The molecular formula is C21H27ClN2O3S. The van der Waals surface area contributed by atoms with E-state index in [0.29, 0.717) is 11.6 Å². The van der Waals surface area contributed by atoms with Gasteiger partial charge in [-0.25, -0.2) is 13.1 Å². The van der Waals surface area contributed by atoms with Gasteiger partial charge in [-0.1, -0.05) is 56.6 Å². The van der Waals surface area contributed by atoms with Crippen LogP contribution in [0.3, 0.4) is 0 Å². The van der Waals surface area contributed by atoms with E-state index in [-0.39, 0.29) is 29.2 Å². The number of nitrogens with one attached hydrogen (secondary N) is 1. The van der Waals surface area contributed by atoms with Crippen molar-refractivity contribution in [2.75, 3.05) is 13.6 Å². The summed E-state index contributed by atoms with van der Waals surface area (Å²) in [6, 6.07) is 14.1. The number of carbonyl (C=O) groups excluding carboxylic acids is 1. The van der Waals surface area contributed by atoms with Crippen LogP contribution in [-0.4, -0.2) is 32.8 Å². The van der Waals surface area contributed by atoms with E-state index in [1.807, 2.05) is 24.3 Å². The summed E-state index contributed by atoms with van der Waals surface area (Å²) in [5.74, 6) is -0.147. The molecule has 28 heavy (non-hydrogen) atoms. The first kappa shape index (κ1) is 22.4. The molecule has 2 aromatic rings. The summed E-state index contributed by atoms with van der Waals surface area (Å²) < 4.78 is 27.3. The average molecular weight is 423 g/mol. The van der Waals surface area contributed by atoms with Gasteiger partial charge in [-0.15, -0.1) is 0 Å². The van der Waals surface area contributed by atoms with Gasteiger partial charge < -0.3 is 4.90 Å². The number of hydrogen-bond donors (Lipinski definition) is 1. The molecular weight excluding hydrogens is 396 g/mol. The summed E-state index contributed by atoms with van der Waals surface area (Å²) in [5.41, 5.74) is 1.93. The quantitative estimate of drug-likeness (QED) is 0.734. The number of rotatable bonds is 7. The van der Waals surface area contributed by atoms with Crippen LogP contribution in [-0.2, 0) is 26.8 Å². The van der Waals surface area contributed by atoms with E-state index in [0.717, 1.165) is 11.1 Å². The number of amides is 1. The maximum Gasteiger partial charge on any atom is 0.240 e. The first-order valence-corrected chi connectivity index (χ1v) is 10.9. The van der Waals surface area contributed by atoms with Crippen LogP contribution in [0, 0.1) is 0 Å². The second-order valence-corrected chi connectivity index (χ2v) is 10.0. The molecule has 0 atom stereocenters. The number of nitrogens with zero attached hydrogens (tertiary/aromatic N) is 1. The summed E-state index contributed by atoms with van der Waals surface area (Å²) in [4.78, 5) is 14.0. The molecule has 0 aliphatic carbocycles. The highest BCUT2D eigenvalue weighted by atomic mass is 35.5. The van der Waals surface area contributed by atoms with E-state index in [1.54, 1.807) is 36.2 Å². The van der Waals surface area contributed by atoms with Crippen molar-refractivity contribution in [3.8, 4) is 0 Å². The lowest BCUT2D eigenvalue weighted by molar-refractivity contribution is -0.130. The van der Waals surface area contributed by atoms with Gasteiger partial charge in [-0.2, -0.15) is 0 Å². The lowest BCUT2D eigenvalue weighted by atomic mass is 9.87. The van der Waals surface area contributed by atoms with Crippen LogP contribution in [0.5, 0.6) is 0 Å². The van der Waals surface area contributed by atoms with Gasteiger partial charge in [0, 0.05) is 31.6 Å². The number of sulfonamides is 1. The maximum absolute atomic E-state index is 12.4. The fourth-order valence-corrected chi connectivity index (χ4v) is 3.94. The Morgan fingerprint density at radius 2 is 1.75 bits per heavy atom. The molecule has 0 saturated carbocycles. The fraction of sp³-hybridized carbons (Fsp3) is 0.381. The fourth-order valence-electron chi connectivity index (χ4n) is 2.70. The Morgan fingerprint density at radius 1 is 1.11 bits per heavy atom. The Labute approximate surface area is 172 Å². The highest BCUT2D eigenvalue weighted by Gasteiger charge is 2.18. The van der Waals surface area contributed by atoms with E-state index < -0.39 is 10.0 Å². The van der Waals surface area contributed by atoms with Crippen LogP contribution in [0.25, 0.3) is 0 Å². The van der Waals surface area contributed by atoms with Crippen LogP contribution < -0.4 is 4.72 Å². The Hall–Kier alpha value is -1.89. The zero-order chi connectivity index (χ0) is 20.9. The lowest BCUT2D eigenvalue weighted by Crippen LogP contribution is -2.32. The largest absolute Gasteiger partial charge is 0.341 e. The Bertz CT molecular complexity index is 919. The Morgan fingerprint density at radius 3 is 2.32 bits per heavy atom. The third-order valence-corrected chi connectivity index (χ3v) is 6.11. The zero-order valence-electron chi connectivity index (χ0n) is 16.7. The maximum atomic E-state index is 12.4. The van der Waals surface area contributed by atoms with Crippen LogP contribution in [0.15, 0.2) is 53.4 Å². The molecule has 7 heteroatoms. The molecule has 2 aromatic carbocycles.